The lowest BCUT2D eigenvalue weighted by atomic mass is 10.1. The first-order valence-electron chi connectivity index (χ1n) is 12.7. The zero-order valence-corrected chi connectivity index (χ0v) is 21.6. The summed E-state index contributed by atoms with van der Waals surface area (Å²) in [5, 5.41) is 10.0. The lowest BCUT2D eigenvalue weighted by Crippen LogP contribution is -2.45. The van der Waals surface area contributed by atoms with Crippen molar-refractivity contribution in [3.05, 3.63) is 83.8 Å². The highest BCUT2D eigenvalue weighted by Crippen LogP contribution is 2.29. The summed E-state index contributed by atoms with van der Waals surface area (Å²) in [4.78, 5) is 45.1. The van der Waals surface area contributed by atoms with Crippen molar-refractivity contribution >= 4 is 23.4 Å². The second kappa shape index (κ2) is 10.6. The fourth-order valence-electron chi connectivity index (χ4n) is 4.81. The van der Waals surface area contributed by atoms with E-state index in [9.17, 15) is 14.4 Å². The number of fused-ring (bicyclic) bond motifs is 8. The molecule has 12 heteroatoms. The Labute approximate surface area is 228 Å². The van der Waals surface area contributed by atoms with Crippen molar-refractivity contribution in [2.75, 3.05) is 26.8 Å². The van der Waals surface area contributed by atoms with Crippen molar-refractivity contribution in [2.24, 2.45) is 0 Å². The summed E-state index contributed by atoms with van der Waals surface area (Å²) >= 11 is 0. The highest BCUT2D eigenvalue weighted by Gasteiger charge is 2.39. The van der Waals surface area contributed by atoms with Gasteiger partial charge in [-0.15, -0.1) is 0 Å². The number of nitrogens with one attached hydrogen (secondary N) is 2. The van der Waals surface area contributed by atoms with Gasteiger partial charge >= 0.3 is 0 Å². The van der Waals surface area contributed by atoms with E-state index in [1.54, 1.807) is 47.4 Å². The van der Waals surface area contributed by atoms with Crippen molar-refractivity contribution in [1.82, 2.24) is 30.1 Å². The highest BCUT2D eigenvalue weighted by atomic mass is 16.5. The first kappa shape index (κ1) is 25.2. The van der Waals surface area contributed by atoms with Crippen LogP contribution in [-0.4, -0.2) is 76.2 Å². The number of hydrogen-bond acceptors (Lipinski definition) is 8. The van der Waals surface area contributed by atoms with Crippen LogP contribution in [0.5, 0.6) is 17.2 Å². The normalized spacial score (nSPS) is 19.2. The zero-order chi connectivity index (χ0) is 27.6. The third-order valence-corrected chi connectivity index (χ3v) is 6.88. The molecule has 2 aromatic carbocycles. The summed E-state index contributed by atoms with van der Waals surface area (Å²) < 4.78 is 18.8. The monoisotopic (exact) mass is 542 g/mol. The van der Waals surface area contributed by atoms with Crippen molar-refractivity contribution in [3.8, 4) is 17.2 Å². The molecule has 7 rings (SSSR count). The van der Waals surface area contributed by atoms with Gasteiger partial charge in [0, 0.05) is 18.7 Å². The van der Waals surface area contributed by atoms with Crippen molar-refractivity contribution in [3.63, 3.8) is 0 Å². The standard InChI is InChI=1S/C28H26N6O6/c1-38-22-10-7-18-11-23(22)39-15-26(35)29-12-17-5-8-19(9-6-17)40-24-14-33(13-20(24)32-27(18)36)28(37)21-3-2-4-25-30-16-31-34(21)25/h2-11,16,20,24H,12-15H2,1H3,(H,29,35)(H,32,36)/t20-,24-/m0/s1. The Bertz CT molecular complexity index is 1590. The molecule has 0 saturated carbocycles. The van der Waals surface area contributed by atoms with E-state index in [1.807, 2.05) is 12.1 Å². The number of methoxy groups -OCH3 is 1. The van der Waals surface area contributed by atoms with Crippen molar-refractivity contribution < 1.29 is 28.6 Å². The molecule has 3 aliphatic heterocycles. The Kier molecular flexibility index (Phi) is 6.64. The molecule has 2 N–H and O–H groups in total. The Morgan fingerprint density at radius 1 is 1.07 bits per heavy atom. The molecule has 12 nitrogen and oxygen atoms in total. The quantitative estimate of drug-likeness (QED) is 0.389. The summed E-state index contributed by atoms with van der Waals surface area (Å²) in [5.74, 6) is 0.265. The Morgan fingerprint density at radius 2 is 1.93 bits per heavy atom. The second-order valence-corrected chi connectivity index (χ2v) is 9.46. The molecular formula is C28H26N6O6. The van der Waals surface area contributed by atoms with Gasteiger partial charge in [0.05, 0.1) is 19.7 Å². The lowest BCUT2D eigenvalue weighted by Gasteiger charge is -2.21. The van der Waals surface area contributed by atoms with E-state index in [0.29, 0.717) is 34.9 Å². The van der Waals surface area contributed by atoms with Gasteiger partial charge in [0.15, 0.2) is 23.8 Å². The average molecular weight is 543 g/mol. The molecule has 2 atom stereocenters. The van der Waals surface area contributed by atoms with Crippen LogP contribution in [0, 0.1) is 0 Å². The van der Waals surface area contributed by atoms with Crippen LogP contribution in [0.2, 0.25) is 0 Å². The molecule has 0 radical (unpaired) electrons. The smallest absolute Gasteiger partial charge is 0.272 e. The topological polar surface area (TPSA) is 136 Å². The lowest BCUT2D eigenvalue weighted by molar-refractivity contribution is -0.123. The molecule has 1 saturated heterocycles. The van der Waals surface area contributed by atoms with Gasteiger partial charge < -0.3 is 29.7 Å². The first-order valence-corrected chi connectivity index (χ1v) is 12.7. The number of amides is 3. The Balaban J connectivity index is 1.31. The number of carbonyl (C=O) groups is 3. The summed E-state index contributed by atoms with van der Waals surface area (Å²) in [6.07, 6.45) is 0.865. The van der Waals surface area contributed by atoms with Gasteiger partial charge in [-0.05, 0) is 48.0 Å². The SMILES string of the molecule is COc1ccc2cc1OCC(=O)NCc1ccc(cc1)O[C@H]1CN(C(=O)c3cccc4ncnn34)C[C@@H]1NC2=O. The highest BCUT2D eigenvalue weighted by molar-refractivity contribution is 5.96. The van der Waals surface area contributed by atoms with Crippen molar-refractivity contribution in [1.29, 1.82) is 0 Å². The fourth-order valence-corrected chi connectivity index (χ4v) is 4.81. The van der Waals surface area contributed by atoms with Gasteiger partial charge in [-0.2, -0.15) is 5.10 Å². The van der Waals surface area contributed by atoms with Crippen LogP contribution in [0.1, 0.15) is 26.4 Å². The third-order valence-electron chi connectivity index (χ3n) is 6.88. The van der Waals surface area contributed by atoms with Crippen LogP contribution < -0.4 is 24.8 Å². The van der Waals surface area contributed by atoms with Gasteiger partial charge in [-0.1, -0.05) is 18.2 Å². The van der Waals surface area contributed by atoms with E-state index in [1.165, 1.54) is 24.0 Å². The molecule has 3 amide bonds. The minimum absolute atomic E-state index is 0.219. The number of rotatable bonds is 2. The number of aromatic nitrogens is 3. The number of pyridine rings is 1. The van der Waals surface area contributed by atoms with Crippen molar-refractivity contribution in [2.45, 2.75) is 18.7 Å². The number of nitrogens with zero attached hydrogens (tertiary/aromatic N) is 4. The van der Waals surface area contributed by atoms with E-state index in [4.69, 9.17) is 14.2 Å². The summed E-state index contributed by atoms with van der Waals surface area (Å²) in [6.45, 7) is 0.519. The molecule has 0 unspecified atom stereocenters. The number of hydrogen-bond donors (Lipinski definition) is 2. The van der Waals surface area contributed by atoms with E-state index in [2.05, 4.69) is 20.7 Å². The van der Waals surface area contributed by atoms with Crippen LogP contribution >= 0.6 is 0 Å². The molecule has 0 aliphatic carbocycles. The van der Waals surface area contributed by atoms with Gasteiger partial charge in [-0.3, -0.25) is 14.4 Å². The molecule has 3 aliphatic rings. The molecule has 2 aromatic heterocycles. The van der Waals surface area contributed by atoms with Gasteiger partial charge in [0.25, 0.3) is 17.7 Å². The van der Waals surface area contributed by atoms with Crippen LogP contribution in [0.3, 0.4) is 0 Å². The Hall–Kier alpha value is -5.13. The summed E-state index contributed by atoms with van der Waals surface area (Å²) in [5.41, 5.74) is 2.10. The predicted octanol–water partition coefficient (Wildman–Crippen LogP) is 1.45. The molecule has 4 bridgehead atoms. The second-order valence-electron chi connectivity index (χ2n) is 9.46. The first-order chi connectivity index (χ1) is 19.5. The minimum atomic E-state index is -0.530. The summed E-state index contributed by atoms with van der Waals surface area (Å²) in [6, 6.07) is 16.7. The molecule has 204 valence electrons. The molecular weight excluding hydrogens is 516 g/mol. The van der Waals surface area contributed by atoms with E-state index >= 15 is 0 Å². The predicted molar refractivity (Wildman–Crippen MR) is 141 cm³/mol. The van der Waals surface area contributed by atoms with Gasteiger partial charge in [0.2, 0.25) is 0 Å². The van der Waals surface area contributed by atoms with E-state index in [-0.39, 0.29) is 43.2 Å². The van der Waals surface area contributed by atoms with Crippen LogP contribution in [0.15, 0.2) is 67.0 Å². The molecule has 40 heavy (non-hydrogen) atoms. The molecule has 5 heterocycles. The fraction of sp³-hybridized carbons (Fsp3) is 0.250. The van der Waals surface area contributed by atoms with Gasteiger partial charge in [-0.25, -0.2) is 9.50 Å². The third kappa shape index (κ3) is 4.98. The Morgan fingerprint density at radius 3 is 2.75 bits per heavy atom. The van der Waals surface area contributed by atoms with Crippen LogP contribution in [0.25, 0.3) is 5.65 Å². The molecule has 1 fully saturated rings. The largest absolute Gasteiger partial charge is 0.493 e. The number of ether oxygens (including phenoxy) is 3. The van der Waals surface area contributed by atoms with E-state index < -0.39 is 12.1 Å². The molecule has 0 spiro atoms. The maximum atomic E-state index is 13.6. The maximum absolute atomic E-state index is 13.6. The minimum Gasteiger partial charge on any atom is -0.493 e. The average Bonchev–Trinajstić information content (AvgIpc) is 3.62. The zero-order valence-electron chi connectivity index (χ0n) is 21.6. The van der Waals surface area contributed by atoms with Crippen LogP contribution in [0.4, 0.5) is 0 Å². The summed E-state index contributed by atoms with van der Waals surface area (Å²) in [7, 11) is 1.48. The van der Waals surface area contributed by atoms with E-state index in [0.717, 1.165) is 5.56 Å². The number of benzene rings is 2. The number of likely N-dealkylation sites (tertiary alicyclic amines) is 1. The molecule has 4 aromatic rings. The number of carbonyl (C=O) groups excluding carboxylic acids is 3. The van der Waals surface area contributed by atoms with Crippen LogP contribution in [-0.2, 0) is 11.3 Å². The van der Waals surface area contributed by atoms with Gasteiger partial charge in [0.1, 0.15) is 23.9 Å². The maximum Gasteiger partial charge on any atom is 0.272 e.